The molecule has 2 aromatic carbocycles. The zero-order valence-corrected chi connectivity index (χ0v) is 21.3. The highest BCUT2D eigenvalue weighted by Gasteiger charge is 2.34. The van der Waals surface area contributed by atoms with Gasteiger partial charge in [0.05, 0.1) is 35.3 Å². The lowest BCUT2D eigenvalue weighted by molar-refractivity contribution is 0.185. The Morgan fingerprint density at radius 2 is 2.10 bits per heavy atom. The number of hydrogen-bond acceptors (Lipinski definition) is 10. The van der Waals surface area contributed by atoms with Gasteiger partial charge in [-0.05, 0) is 18.2 Å². The molecule has 8 rings (SSSR count). The van der Waals surface area contributed by atoms with Crippen LogP contribution in [0.1, 0.15) is 0 Å². The number of rotatable bonds is 4. The average molecular weight is 522 g/mol. The van der Waals surface area contributed by atoms with Crippen molar-refractivity contribution in [2.75, 3.05) is 43.5 Å². The van der Waals surface area contributed by atoms with Crippen LogP contribution in [-0.2, 0) is 0 Å². The van der Waals surface area contributed by atoms with Gasteiger partial charge in [0.1, 0.15) is 18.2 Å². The number of H-pyrrole nitrogens is 1. The normalized spacial score (nSPS) is 18.5. The number of aromatic amines is 1. The first-order valence-electron chi connectivity index (χ1n) is 13.0. The van der Waals surface area contributed by atoms with Gasteiger partial charge in [-0.15, -0.1) is 5.53 Å². The molecular formula is C27H27N11O. The van der Waals surface area contributed by atoms with Crippen LogP contribution in [0.4, 0.5) is 17.2 Å². The maximum Gasteiger partial charge on any atom is 0.180 e. The molecule has 1 atom stereocenters. The summed E-state index contributed by atoms with van der Waals surface area (Å²) < 4.78 is 8.27. The van der Waals surface area contributed by atoms with Crippen LogP contribution < -0.4 is 25.9 Å². The van der Waals surface area contributed by atoms with Crippen molar-refractivity contribution in [3.05, 3.63) is 73.2 Å². The van der Waals surface area contributed by atoms with Crippen LogP contribution >= 0.6 is 0 Å². The summed E-state index contributed by atoms with van der Waals surface area (Å²) in [5.74, 6) is 2.65. The smallest absolute Gasteiger partial charge is 0.180 e. The van der Waals surface area contributed by atoms with Crippen molar-refractivity contribution in [3.8, 4) is 17.0 Å². The molecule has 12 heteroatoms. The SMILES string of the molecule is CN1C=C(N2CCN3c4ccc(Nc5nc(-c6ccc7cn[nH]c7c6)cn6ccnc56)cc4OCC3C2)NN1. The summed E-state index contributed by atoms with van der Waals surface area (Å²) >= 11 is 0. The highest BCUT2D eigenvalue weighted by atomic mass is 16.5. The summed E-state index contributed by atoms with van der Waals surface area (Å²) in [5, 5.41) is 13.7. The quantitative estimate of drug-likeness (QED) is 0.282. The lowest BCUT2D eigenvalue weighted by Gasteiger charge is -2.46. The van der Waals surface area contributed by atoms with Gasteiger partial charge in [-0.2, -0.15) is 5.10 Å². The number of hydrazine groups is 2. The molecule has 3 aliphatic rings. The number of aromatic nitrogens is 5. The molecule has 0 radical (unpaired) electrons. The Labute approximate surface area is 223 Å². The fourth-order valence-electron chi connectivity index (χ4n) is 5.61. The van der Waals surface area contributed by atoms with Gasteiger partial charge < -0.3 is 24.3 Å². The lowest BCUT2D eigenvalue weighted by atomic mass is 10.1. The number of fused-ring (bicyclic) bond motifs is 5. The minimum atomic E-state index is 0.286. The second-order valence-electron chi connectivity index (χ2n) is 10.1. The van der Waals surface area contributed by atoms with Gasteiger partial charge in [0.2, 0.25) is 0 Å². The minimum absolute atomic E-state index is 0.286. The molecular weight excluding hydrogens is 494 g/mol. The number of nitrogens with one attached hydrogen (secondary N) is 4. The molecule has 5 aromatic rings. The van der Waals surface area contributed by atoms with E-state index < -0.39 is 0 Å². The number of anilines is 3. The summed E-state index contributed by atoms with van der Waals surface area (Å²) in [6, 6.07) is 12.7. The third kappa shape index (κ3) is 3.76. The van der Waals surface area contributed by atoms with Gasteiger partial charge >= 0.3 is 0 Å². The lowest BCUT2D eigenvalue weighted by Crippen LogP contribution is -2.57. The molecule has 0 spiro atoms. The fraction of sp³-hybridized carbons (Fsp3) is 0.222. The van der Waals surface area contributed by atoms with Crippen LogP contribution in [0.15, 0.2) is 73.2 Å². The molecule has 1 saturated heterocycles. The first kappa shape index (κ1) is 22.1. The Morgan fingerprint density at radius 1 is 1.13 bits per heavy atom. The molecule has 3 aromatic heterocycles. The molecule has 39 heavy (non-hydrogen) atoms. The van der Waals surface area contributed by atoms with Gasteiger partial charge in [0.25, 0.3) is 0 Å². The van der Waals surface area contributed by atoms with Crippen molar-refractivity contribution < 1.29 is 4.74 Å². The molecule has 6 heterocycles. The summed E-state index contributed by atoms with van der Waals surface area (Å²) in [5.41, 5.74) is 11.9. The second kappa shape index (κ2) is 8.53. The van der Waals surface area contributed by atoms with Crippen LogP contribution in [-0.4, -0.2) is 73.8 Å². The number of imidazole rings is 1. The number of hydrogen-bond donors (Lipinski definition) is 4. The molecule has 1 fully saturated rings. The maximum absolute atomic E-state index is 6.28. The summed E-state index contributed by atoms with van der Waals surface area (Å²) in [4.78, 5) is 14.3. The van der Waals surface area contributed by atoms with Crippen LogP contribution in [0.2, 0.25) is 0 Å². The molecule has 12 nitrogen and oxygen atoms in total. The Bertz CT molecular complexity index is 1740. The van der Waals surface area contributed by atoms with E-state index in [4.69, 9.17) is 9.72 Å². The van der Waals surface area contributed by atoms with Crippen molar-refractivity contribution in [1.29, 1.82) is 0 Å². The molecule has 0 amide bonds. The second-order valence-corrected chi connectivity index (χ2v) is 10.1. The summed E-state index contributed by atoms with van der Waals surface area (Å²) in [6.45, 7) is 3.39. The first-order chi connectivity index (χ1) is 19.2. The molecule has 196 valence electrons. The Morgan fingerprint density at radius 3 is 3.03 bits per heavy atom. The molecule has 4 N–H and O–H groups in total. The number of ether oxygens (including phenoxy) is 1. The zero-order chi connectivity index (χ0) is 25.9. The largest absolute Gasteiger partial charge is 0.489 e. The monoisotopic (exact) mass is 521 g/mol. The van der Waals surface area contributed by atoms with Gasteiger partial charge in [0, 0.05) is 68.0 Å². The predicted octanol–water partition coefficient (Wildman–Crippen LogP) is 2.65. The van der Waals surface area contributed by atoms with E-state index in [1.54, 1.807) is 6.20 Å². The highest BCUT2D eigenvalue weighted by molar-refractivity contribution is 5.84. The summed E-state index contributed by atoms with van der Waals surface area (Å²) in [6.07, 6.45) is 9.60. The van der Waals surface area contributed by atoms with E-state index in [1.165, 1.54) is 0 Å². The van der Waals surface area contributed by atoms with E-state index in [1.807, 2.05) is 41.1 Å². The maximum atomic E-state index is 6.28. The van der Waals surface area contributed by atoms with E-state index >= 15 is 0 Å². The van der Waals surface area contributed by atoms with E-state index in [-0.39, 0.29) is 6.04 Å². The predicted molar refractivity (Wildman–Crippen MR) is 148 cm³/mol. The van der Waals surface area contributed by atoms with Crippen LogP contribution in [0.25, 0.3) is 27.8 Å². The molecule has 0 aliphatic carbocycles. The zero-order valence-electron chi connectivity index (χ0n) is 21.3. The highest BCUT2D eigenvalue weighted by Crippen LogP contribution is 2.38. The summed E-state index contributed by atoms with van der Waals surface area (Å²) in [7, 11) is 1.98. The van der Waals surface area contributed by atoms with Crippen molar-refractivity contribution in [1.82, 2.24) is 45.4 Å². The number of nitrogens with zero attached hydrogens (tertiary/aromatic N) is 7. The standard InChI is InChI=1S/C27H27N11O/c1-35-15-25(33-34-35)36-8-9-38-20(13-36)16-39-24-11-19(4-5-23(24)38)30-26-27-28-6-7-37(27)14-22(31-26)17-2-3-18-12-29-32-21(18)10-17/h2-7,10-12,14-15,20,33-34H,8-9,13,16H2,1H3,(H,29,32)(H,30,31). The molecule has 0 saturated carbocycles. The van der Waals surface area contributed by atoms with Crippen molar-refractivity contribution in [2.24, 2.45) is 0 Å². The van der Waals surface area contributed by atoms with E-state index in [2.05, 4.69) is 77.8 Å². The van der Waals surface area contributed by atoms with Gasteiger partial charge in [-0.1, -0.05) is 12.1 Å². The Balaban J connectivity index is 1.07. The first-order valence-corrected chi connectivity index (χ1v) is 13.0. The van der Waals surface area contributed by atoms with Crippen LogP contribution in [0, 0.1) is 0 Å². The Hall–Kier alpha value is -4.97. The van der Waals surface area contributed by atoms with E-state index in [0.717, 1.165) is 70.4 Å². The van der Waals surface area contributed by atoms with E-state index in [0.29, 0.717) is 12.4 Å². The topological polar surface area (TPSA) is 114 Å². The van der Waals surface area contributed by atoms with Crippen LogP contribution in [0.5, 0.6) is 5.75 Å². The van der Waals surface area contributed by atoms with Gasteiger partial charge in [0.15, 0.2) is 11.5 Å². The fourth-order valence-corrected chi connectivity index (χ4v) is 5.61. The van der Waals surface area contributed by atoms with Crippen molar-refractivity contribution in [2.45, 2.75) is 6.04 Å². The average Bonchev–Trinajstić information content (AvgIpc) is 3.73. The van der Waals surface area contributed by atoms with Gasteiger partial charge in [-0.3, -0.25) is 15.5 Å². The van der Waals surface area contributed by atoms with Crippen molar-refractivity contribution >= 4 is 33.7 Å². The van der Waals surface area contributed by atoms with E-state index in [9.17, 15) is 0 Å². The number of piperazine rings is 1. The van der Waals surface area contributed by atoms with Gasteiger partial charge in [-0.25, -0.2) is 9.97 Å². The molecule has 0 bridgehead atoms. The third-order valence-electron chi connectivity index (χ3n) is 7.57. The number of benzene rings is 2. The van der Waals surface area contributed by atoms with Crippen molar-refractivity contribution in [3.63, 3.8) is 0 Å². The molecule has 1 unspecified atom stereocenters. The Kier molecular flexibility index (Phi) is 4.82. The minimum Gasteiger partial charge on any atom is -0.489 e. The molecule has 3 aliphatic heterocycles. The third-order valence-corrected chi connectivity index (χ3v) is 7.57. The van der Waals surface area contributed by atoms with Crippen LogP contribution in [0.3, 0.4) is 0 Å².